The molecule has 0 heterocycles. The van der Waals surface area contributed by atoms with Gasteiger partial charge in [-0.15, -0.1) is 0 Å². The largest absolute Gasteiger partial charge is 0.385 e. The fraction of sp³-hybridized carbons (Fsp3) is 0.364. The molecule has 4 N–H and O–H groups in total. The van der Waals surface area contributed by atoms with Gasteiger partial charge in [0.15, 0.2) is 0 Å². The smallest absolute Gasteiger partial charge is 0.210 e. The molecule has 0 amide bonds. The first-order chi connectivity index (χ1) is 8.67. The Labute approximate surface area is 104 Å². The van der Waals surface area contributed by atoms with E-state index in [-0.39, 0.29) is 11.6 Å². The van der Waals surface area contributed by atoms with Crippen LogP contribution >= 0.6 is 0 Å². The number of hydrogen-bond acceptors (Lipinski definition) is 3. The van der Waals surface area contributed by atoms with Crippen LogP contribution in [0.15, 0.2) is 23.2 Å². The van der Waals surface area contributed by atoms with Gasteiger partial charge in [0.25, 0.3) is 0 Å². The number of guanidine groups is 1. The number of methoxy groups -OCH3 is 1. The Morgan fingerprint density at radius 2 is 2.22 bits per heavy atom. The zero-order valence-electron chi connectivity index (χ0n) is 10.0. The van der Waals surface area contributed by atoms with E-state index in [1.807, 2.05) is 0 Å². The molecule has 0 aliphatic rings. The third-order valence-corrected chi connectivity index (χ3v) is 2.10. The Balaban J connectivity index is 2.61. The Hall–Kier alpha value is -1.73. The van der Waals surface area contributed by atoms with E-state index in [1.54, 1.807) is 7.11 Å². The molecule has 1 rings (SSSR count). The lowest BCUT2D eigenvalue weighted by molar-refractivity contribution is 0.197. The molecule has 1 aromatic rings. The topological polar surface area (TPSA) is 71.7 Å². The van der Waals surface area contributed by atoms with Crippen molar-refractivity contribution in [1.82, 2.24) is 5.43 Å². The van der Waals surface area contributed by atoms with Gasteiger partial charge >= 0.3 is 0 Å². The fourth-order valence-electron chi connectivity index (χ4n) is 1.24. The maximum Gasteiger partial charge on any atom is 0.210 e. The first kappa shape index (κ1) is 14.3. The molecule has 0 aliphatic heterocycles. The van der Waals surface area contributed by atoms with E-state index in [2.05, 4.69) is 15.7 Å². The van der Waals surface area contributed by atoms with Crippen LogP contribution in [0.3, 0.4) is 0 Å². The predicted octanol–water partition coefficient (Wildman–Crippen LogP) is 1.23. The quantitative estimate of drug-likeness (QED) is 0.244. The van der Waals surface area contributed by atoms with Gasteiger partial charge in [-0.25, -0.2) is 14.6 Å². The summed E-state index contributed by atoms with van der Waals surface area (Å²) in [6.07, 6.45) is 0.718. The molecule has 0 spiro atoms. The lowest BCUT2D eigenvalue weighted by Crippen LogP contribution is -2.36. The summed E-state index contributed by atoms with van der Waals surface area (Å²) in [4.78, 5) is 4.07. The summed E-state index contributed by atoms with van der Waals surface area (Å²) in [5.74, 6) is 4.09. The second-order valence-corrected chi connectivity index (χ2v) is 3.47. The average molecular weight is 258 g/mol. The summed E-state index contributed by atoms with van der Waals surface area (Å²) in [6.45, 7) is 1.05. The van der Waals surface area contributed by atoms with Crippen molar-refractivity contribution < 1.29 is 13.5 Å². The summed E-state index contributed by atoms with van der Waals surface area (Å²) in [6, 6.07) is 3.19. The van der Waals surface area contributed by atoms with Gasteiger partial charge < -0.3 is 10.1 Å². The summed E-state index contributed by atoms with van der Waals surface area (Å²) < 4.78 is 30.9. The van der Waals surface area contributed by atoms with Crippen molar-refractivity contribution in [3.8, 4) is 0 Å². The fourth-order valence-corrected chi connectivity index (χ4v) is 1.24. The zero-order valence-corrected chi connectivity index (χ0v) is 10.0. The lowest BCUT2D eigenvalue weighted by Gasteiger charge is -2.09. The molecule has 0 unspecified atom stereocenters. The van der Waals surface area contributed by atoms with E-state index in [0.29, 0.717) is 13.2 Å². The van der Waals surface area contributed by atoms with Crippen LogP contribution < -0.4 is 16.6 Å². The number of nitrogens with two attached hydrogens (primary N) is 1. The van der Waals surface area contributed by atoms with Crippen molar-refractivity contribution in [2.75, 3.05) is 25.6 Å². The molecule has 0 atom stereocenters. The number of nitrogens with one attached hydrogen (secondary N) is 2. The summed E-state index contributed by atoms with van der Waals surface area (Å²) in [7, 11) is 1.60. The third-order valence-electron chi connectivity index (χ3n) is 2.10. The van der Waals surface area contributed by atoms with Gasteiger partial charge in [-0.2, -0.15) is 0 Å². The monoisotopic (exact) mass is 258 g/mol. The van der Waals surface area contributed by atoms with Gasteiger partial charge in [0.1, 0.15) is 11.6 Å². The summed E-state index contributed by atoms with van der Waals surface area (Å²) in [5, 5.41) is 2.63. The van der Waals surface area contributed by atoms with Crippen LogP contribution in [0, 0.1) is 11.6 Å². The van der Waals surface area contributed by atoms with Gasteiger partial charge in [0.2, 0.25) is 5.96 Å². The molecule has 5 nitrogen and oxygen atoms in total. The van der Waals surface area contributed by atoms with E-state index in [9.17, 15) is 8.78 Å². The van der Waals surface area contributed by atoms with Crippen LogP contribution in [0.1, 0.15) is 6.42 Å². The van der Waals surface area contributed by atoms with Gasteiger partial charge in [0, 0.05) is 26.3 Å². The minimum atomic E-state index is -0.713. The standard InChI is InChI=1S/C11H16F2N4O/c1-18-6-2-5-15-11(17-14)16-10-4-3-8(12)7-9(10)13/h3-4,7H,2,5-6,14H2,1H3,(H2,15,16,17). The highest BCUT2D eigenvalue weighted by molar-refractivity contribution is 5.93. The molecule has 0 aliphatic carbocycles. The highest BCUT2D eigenvalue weighted by Crippen LogP contribution is 2.14. The van der Waals surface area contributed by atoms with Crippen LogP contribution in [0.2, 0.25) is 0 Å². The van der Waals surface area contributed by atoms with Crippen molar-refractivity contribution in [3.63, 3.8) is 0 Å². The van der Waals surface area contributed by atoms with E-state index in [1.165, 1.54) is 6.07 Å². The highest BCUT2D eigenvalue weighted by Gasteiger charge is 2.05. The second kappa shape index (κ2) is 7.57. The molecule has 100 valence electrons. The van der Waals surface area contributed by atoms with E-state index in [0.717, 1.165) is 18.6 Å². The number of aliphatic imine (C=N–C) groups is 1. The van der Waals surface area contributed by atoms with Crippen molar-refractivity contribution >= 4 is 11.6 Å². The molecule has 0 saturated carbocycles. The molecule has 0 radical (unpaired) electrons. The predicted molar refractivity (Wildman–Crippen MR) is 66.1 cm³/mol. The van der Waals surface area contributed by atoms with Crippen molar-refractivity contribution in [1.29, 1.82) is 0 Å². The first-order valence-electron chi connectivity index (χ1n) is 5.39. The van der Waals surface area contributed by atoms with Gasteiger partial charge in [-0.05, 0) is 18.6 Å². The Kier molecular flexibility index (Phi) is 6.03. The molecule has 0 saturated heterocycles. The zero-order chi connectivity index (χ0) is 13.4. The van der Waals surface area contributed by atoms with Crippen LogP contribution in [-0.2, 0) is 4.74 Å². The normalized spacial score (nSPS) is 11.4. The Bertz CT molecular complexity index is 412. The number of halogens is 2. The molecule has 7 heteroatoms. The minimum absolute atomic E-state index is 0.0971. The van der Waals surface area contributed by atoms with E-state index < -0.39 is 11.6 Å². The van der Waals surface area contributed by atoms with Crippen molar-refractivity contribution in [3.05, 3.63) is 29.8 Å². The van der Waals surface area contributed by atoms with Crippen LogP contribution in [0.25, 0.3) is 0 Å². The van der Waals surface area contributed by atoms with Crippen LogP contribution in [-0.4, -0.2) is 26.2 Å². The van der Waals surface area contributed by atoms with Gasteiger partial charge in [0.05, 0.1) is 5.69 Å². The van der Waals surface area contributed by atoms with Crippen LogP contribution in [0.4, 0.5) is 14.5 Å². The molecule has 1 aromatic carbocycles. The third kappa shape index (κ3) is 4.64. The Morgan fingerprint density at radius 3 is 2.83 bits per heavy atom. The molecule has 18 heavy (non-hydrogen) atoms. The van der Waals surface area contributed by atoms with Crippen molar-refractivity contribution in [2.45, 2.75) is 6.42 Å². The number of rotatable bonds is 5. The number of anilines is 1. The number of nitrogens with zero attached hydrogens (tertiary/aromatic N) is 1. The maximum atomic E-state index is 13.3. The number of benzene rings is 1. The maximum absolute atomic E-state index is 13.3. The van der Waals surface area contributed by atoms with Gasteiger partial charge in [-0.3, -0.25) is 10.4 Å². The van der Waals surface area contributed by atoms with E-state index >= 15 is 0 Å². The SMILES string of the molecule is COCCCN=C(NN)Nc1ccc(F)cc1F. The minimum Gasteiger partial charge on any atom is -0.385 e. The molecule has 0 fully saturated rings. The molecule has 0 bridgehead atoms. The van der Waals surface area contributed by atoms with Crippen molar-refractivity contribution in [2.24, 2.45) is 10.8 Å². The van der Waals surface area contributed by atoms with Gasteiger partial charge in [-0.1, -0.05) is 0 Å². The Morgan fingerprint density at radius 1 is 1.44 bits per heavy atom. The molecular weight excluding hydrogens is 242 g/mol. The van der Waals surface area contributed by atoms with Crippen LogP contribution in [0.5, 0.6) is 0 Å². The number of hydrogen-bond donors (Lipinski definition) is 3. The second-order valence-electron chi connectivity index (χ2n) is 3.47. The molecular formula is C11H16F2N4O. The summed E-state index contributed by atoms with van der Waals surface area (Å²) in [5.41, 5.74) is 2.40. The molecule has 0 aromatic heterocycles. The average Bonchev–Trinajstić information content (AvgIpc) is 2.35. The highest BCUT2D eigenvalue weighted by atomic mass is 19.1. The number of hydrazine groups is 1. The summed E-state index contributed by atoms with van der Waals surface area (Å²) >= 11 is 0. The number of ether oxygens (including phenoxy) is 1. The lowest BCUT2D eigenvalue weighted by atomic mass is 10.3. The first-order valence-corrected chi connectivity index (χ1v) is 5.39. The van der Waals surface area contributed by atoms with E-state index in [4.69, 9.17) is 10.6 Å².